The first-order valence-corrected chi connectivity index (χ1v) is 5.79. The van der Waals surface area contributed by atoms with Crippen LogP contribution in [-0.2, 0) is 6.18 Å². The summed E-state index contributed by atoms with van der Waals surface area (Å²) in [4.78, 5) is 11.5. The van der Waals surface area contributed by atoms with Crippen molar-refractivity contribution < 1.29 is 18.1 Å². The SMILES string of the molecule is CN(C)c1cc(C(F)(F)F)nn1-c1ccc([N+](=O)[O-])cc1. The second kappa shape index (κ2) is 5.08. The van der Waals surface area contributed by atoms with Crippen molar-refractivity contribution in [2.45, 2.75) is 6.18 Å². The van der Waals surface area contributed by atoms with Crippen LogP contribution in [0.25, 0.3) is 5.69 Å². The number of aromatic nitrogens is 2. The van der Waals surface area contributed by atoms with Gasteiger partial charge in [-0.2, -0.15) is 18.3 Å². The van der Waals surface area contributed by atoms with Crippen LogP contribution >= 0.6 is 0 Å². The monoisotopic (exact) mass is 300 g/mol. The summed E-state index contributed by atoms with van der Waals surface area (Å²) in [5, 5.41) is 14.1. The highest BCUT2D eigenvalue weighted by atomic mass is 19.4. The highest BCUT2D eigenvalue weighted by Crippen LogP contribution is 2.32. The van der Waals surface area contributed by atoms with Gasteiger partial charge in [0.2, 0.25) is 0 Å². The van der Waals surface area contributed by atoms with Crippen molar-refractivity contribution in [2.75, 3.05) is 19.0 Å². The molecule has 1 aromatic heterocycles. The first-order chi connectivity index (χ1) is 9.70. The summed E-state index contributed by atoms with van der Waals surface area (Å²) in [5.74, 6) is 0.219. The highest BCUT2D eigenvalue weighted by molar-refractivity contribution is 5.49. The van der Waals surface area contributed by atoms with Gasteiger partial charge in [0, 0.05) is 32.3 Å². The second-order valence-corrected chi connectivity index (χ2v) is 4.47. The number of rotatable bonds is 3. The van der Waals surface area contributed by atoms with E-state index in [4.69, 9.17) is 0 Å². The summed E-state index contributed by atoms with van der Waals surface area (Å²) >= 11 is 0. The number of non-ortho nitro benzene ring substituents is 1. The lowest BCUT2D eigenvalue weighted by atomic mass is 10.3. The molecule has 21 heavy (non-hydrogen) atoms. The molecule has 2 rings (SSSR count). The molecule has 0 radical (unpaired) electrons. The van der Waals surface area contributed by atoms with Crippen LogP contribution in [0.15, 0.2) is 30.3 Å². The molecule has 0 spiro atoms. The fourth-order valence-corrected chi connectivity index (χ4v) is 1.73. The van der Waals surface area contributed by atoms with Crippen molar-refractivity contribution in [2.24, 2.45) is 0 Å². The third kappa shape index (κ3) is 2.96. The van der Waals surface area contributed by atoms with Gasteiger partial charge in [-0.25, -0.2) is 4.68 Å². The number of halogens is 3. The molecule has 6 nitrogen and oxygen atoms in total. The maximum absolute atomic E-state index is 12.7. The third-order valence-electron chi connectivity index (χ3n) is 2.74. The fraction of sp³-hybridized carbons (Fsp3) is 0.250. The predicted octanol–water partition coefficient (Wildman–Crippen LogP) is 2.87. The maximum atomic E-state index is 12.7. The smallest absolute Gasteiger partial charge is 0.363 e. The normalized spacial score (nSPS) is 11.5. The number of nitrogens with zero attached hydrogens (tertiary/aromatic N) is 4. The lowest BCUT2D eigenvalue weighted by molar-refractivity contribution is -0.384. The van der Waals surface area contributed by atoms with E-state index < -0.39 is 16.8 Å². The summed E-state index contributed by atoms with van der Waals surface area (Å²) in [6, 6.07) is 6.03. The number of nitro benzene ring substituents is 1. The van der Waals surface area contributed by atoms with E-state index in [9.17, 15) is 23.3 Å². The van der Waals surface area contributed by atoms with Crippen LogP contribution in [0.2, 0.25) is 0 Å². The van der Waals surface area contributed by atoms with Crippen molar-refractivity contribution in [3.63, 3.8) is 0 Å². The van der Waals surface area contributed by atoms with Crippen LogP contribution in [0, 0.1) is 10.1 Å². The van der Waals surface area contributed by atoms with Gasteiger partial charge in [-0.1, -0.05) is 0 Å². The number of benzene rings is 1. The van der Waals surface area contributed by atoms with E-state index in [0.29, 0.717) is 5.69 Å². The van der Waals surface area contributed by atoms with Gasteiger partial charge in [-0.05, 0) is 12.1 Å². The van der Waals surface area contributed by atoms with Crippen molar-refractivity contribution in [1.82, 2.24) is 9.78 Å². The van der Waals surface area contributed by atoms with E-state index in [2.05, 4.69) is 5.10 Å². The second-order valence-electron chi connectivity index (χ2n) is 4.47. The Morgan fingerprint density at radius 1 is 1.24 bits per heavy atom. The zero-order valence-electron chi connectivity index (χ0n) is 11.1. The van der Waals surface area contributed by atoms with Crippen LogP contribution in [0.3, 0.4) is 0 Å². The van der Waals surface area contributed by atoms with Gasteiger partial charge in [0.15, 0.2) is 5.69 Å². The molecule has 112 valence electrons. The van der Waals surface area contributed by atoms with E-state index in [-0.39, 0.29) is 11.5 Å². The Balaban J connectivity index is 2.51. The topological polar surface area (TPSA) is 64.2 Å². The molecule has 1 aromatic carbocycles. The minimum atomic E-state index is -4.56. The van der Waals surface area contributed by atoms with Gasteiger partial charge >= 0.3 is 6.18 Å². The molecule has 0 saturated carbocycles. The average molecular weight is 300 g/mol. The van der Waals surface area contributed by atoms with E-state index in [1.807, 2.05) is 0 Å². The number of hydrogen-bond donors (Lipinski definition) is 0. The first kappa shape index (κ1) is 14.8. The largest absolute Gasteiger partial charge is 0.435 e. The Labute approximate surface area is 117 Å². The molecule has 2 aromatic rings. The van der Waals surface area contributed by atoms with E-state index in [1.165, 1.54) is 29.2 Å². The molecule has 0 aliphatic rings. The summed E-state index contributed by atoms with van der Waals surface area (Å²) in [7, 11) is 3.16. The minimum absolute atomic E-state index is 0.145. The van der Waals surface area contributed by atoms with E-state index >= 15 is 0 Å². The Bertz CT molecular complexity index is 662. The third-order valence-corrected chi connectivity index (χ3v) is 2.74. The van der Waals surface area contributed by atoms with Crippen molar-refractivity contribution in [3.05, 3.63) is 46.1 Å². The Kier molecular flexibility index (Phi) is 3.58. The Hall–Kier alpha value is -2.58. The van der Waals surface area contributed by atoms with Gasteiger partial charge < -0.3 is 4.90 Å². The Morgan fingerprint density at radius 3 is 2.24 bits per heavy atom. The average Bonchev–Trinajstić information content (AvgIpc) is 2.83. The van der Waals surface area contributed by atoms with Gasteiger partial charge in [-0.15, -0.1) is 0 Å². The van der Waals surface area contributed by atoms with Crippen LogP contribution in [0.4, 0.5) is 24.7 Å². The molecule has 0 saturated heterocycles. The zero-order chi connectivity index (χ0) is 15.8. The van der Waals surface area contributed by atoms with Crippen molar-refractivity contribution in [1.29, 1.82) is 0 Å². The molecular formula is C12H11F3N4O2. The molecule has 0 amide bonds. The molecule has 0 atom stereocenters. The van der Waals surface area contributed by atoms with Crippen molar-refractivity contribution in [3.8, 4) is 5.69 Å². The lowest BCUT2D eigenvalue weighted by Crippen LogP contribution is -2.14. The Morgan fingerprint density at radius 2 is 1.81 bits per heavy atom. The standard InChI is InChI=1S/C12H11F3N4O2/c1-17(2)11-7-10(12(13,14)15)16-18(11)8-3-5-9(6-4-8)19(20)21/h3-7H,1-2H3. The number of nitro groups is 1. The molecule has 0 aliphatic carbocycles. The predicted molar refractivity (Wildman–Crippen MR) is 69.5 cm³/mol. The molecule has 0 aliphatic heterocycles. The number of hydrogen-bond acceptors (Lipinski definition) is 4. The molecule has 0 fully saturated rings. The highest BCUT2D eigenvalue weighted by Gasteiger charge is 2.35. The van der Waals surface area contributed by atoms with Crippen LogP contribution < -0.4 is 4.90 Å². The quantitative estimate of drug-likeness (QED) is 0.646. The molecule has 0 N–H and O–H groups in total. The maximum Gasteiger partial charge on any atom is 0.435 e. The molecular weight excluding hydrogens is 289 g/mol. The summed E-state index contributed by atoms with van der Waals surface area (Å²) in [6.45, 7) is 0. The van der Waals surface area contributed by atoms with Crippen LogP contribution in [0.1, 0.15) is 5.69 Å². The van der Waals surface area contributed by atoms with Crippen LogP contribution in [0.5, 0.6) is 0 Å². The lowest BCUT2D eigenvalue weighted by Gasteiger charge is -2.14. The van der Waals surface area contributed by atoms with Crippen molar-refractivity contribution >= 4 is 11.5 Å². The number of anilines is 1. The molecule has 0 unspecified atom stereocenters. The fourth-order valence-electron chi connectivity index (χ4n) is 1.73. The van der Waals surface area contributed by atoms with Crippen LogP contribution in [-0.4, -0.2) is 28.8 Å². The molecule has 0 bridgehead atoms. The van der Waals surface area contributed by atoms with E-state index in [1.54, 1.807) is 14.1 Å². The molecule has 9 heteroatoms. The zero-order valence-corrected chi connectivity index (χ0v) is 11.1. The van der Waals surface area contributed by atoms with Gasteiger partial charge in [0.1, 0.15) is 5.82 Å². The summed E-state index contributed by atoms with van der Waals surface area (Å²) < 4.78 is 39.3. The first-order valence-electron chi connectivity index (χ1n) is 5.79. The summed E-state index contributed by atoms with van der Waals surface area (Å²) in [6.07, 6.45) is -4.56. The minimum Gasteiger partial charge on any atom is -0.363 e. The van der Waals surface area contributed by atoms with Gasteiger partial charge in [-0.3, -0.25) is 10.1 Å². The van der Waals surface area contributed by atoms with E-state index in [0.717, 1.165) is 10.7 Å². The molecule has 1 heterocycles. The van der Waals surface area contributed by atoms with Gasteiger partial charge in [0.05, 0.1) is 10.6 Å². The summed E-state index contributed by atoms with van der Waals surface area (Å²) in [5.41, 5.74) is -0.863. The number of alkyl halides is 3. The van der Waals surface area contributed by atoms with Gasteiger partial charge in [0.25, 0.3) is 5.69 Å².